The Balaban J connectivity index is 1.24. The van der Waals surface area contributed by atoms with Gasteiger partial charge in [0.2, 0.25) is 0 Å². The van der Waals surface area contributed by atoms with Crippen LogP contribution < -0.4 is 10.6 Å². The Morgan fingerprint density at radius 3 is 2.69 bits per heavy atom. The molecule has 3 heterocycles. The molecule has 6 rings (SSSR count). The Hall–Kier alpha value is -2.18. The van der Waals surface area contributed by atoms with E-state index in [1.807, 2.05) is 18.3 Å². The van der Waals surface area contributed by atoms with Crippen molar-refractivity contribution in [1.29, 1.82) is 0 Å². The summed E-state index contributed by atoms with van der Waals surface area (Å²) in [5.41, 5.74) is 11.4. The molecule has 0 bridgehead atoms. The third-order valence-corrected chi connectivity index (χ3v) is 8.98. The molecule has 0 amide bonds. The first-order valence-corrected chi connectivity index (χ1v) is 12.4. The number of nitrogens with zero attached hydrogens (tertiary/aromatic N) is 3. The number of piperidine rings is 1. The second-order valence-corrected chi connectivity index (χ2v) is 10.6. The Bertz CT molecular complexity index is 1330. The quantitative estimate of drug-likeness (QED) is 0.355. The fraction of sp³-hybridized carbons (Fsp3) is 0.280. The van der Waals surface area contributed by atoms with Gasteiger partial charge in [0.15, 0.2) is 0 Å². The summed E-state index contributed by atoms with van der Waals surface area (Å²) in [6.07, 6.45) is 5.15. The molecule has 2 aromatic carbocycles. The van der Waals surface area contributed by atoms with E-state index >= 15 is 0 Å². The standard InChI is InChI=1S/C25H22Cl2N4S/c26-18-7-3-6-17(22(18)27)24-30-19-12-21(29-14-20(19)32-24)31-10-8-25(9-11-31)13-15-4-1-2-5-16(15)23(25)28/h1-7,12,14,23H,8-11,13,28H2/t23-/m1/s1. The number of hydrogen-bond donors (Lipinski definition) is 1. The van der Waals surface area contributed by atoms with Crippen LogP contribution in [0.3, 0.4) is 0 Å². The van der Waals surface area contributed by atoms with Crippen molar-refractivity contribution in [3.63, 3.8) is 0 Å². The van der Waals surface area contributed by atoms with Gasteiger partial charge >= 0.3 is 0 Å². The molecule has 1 atom stereocenters. The molecule has 32 heavy (non-hydrogen) atoms. The van der Waals surface area contributed by atoms with E-state index in [-0.39, 0.29) is 11.5 Å². The Kier molecular flexibility index (Phi) is 4.92. The molecule has 2 N–H and O–H groups in total. The summed E-state index contributed by atoms with van der Waals surface area (Å²) in [6, 6.07) is 16.5. The van der Waals surface area contributed by atoms with Gasteiger partial charge in [-0.3, -0.25) is 0 Å². The lowest BCUT2D eigenvalue weighted by Gasteiger charge is -2.42. The third-order valence-electron chi connectivity index (χ3n) is 7.12. The molecule has 2 aromatic heterocycles. The summed E-state index contributed by atoms with van der Waals surface area (Å²) in [7, 11) is 0. The lowest BCUT2D eigenvalue weighted by molar-refractivity contribution is 0.187. The van der Waals surface area contributed by atoms with Gasteiger partial charge in [-0.1, -0.05) is 59.6 Å². The van der Waals surface area contributed by atoms with Gasteiger partial charge in [-0.05, 0) is 41.9 Å². The van der Waals surface area contributed by atoms with Gasteiger partial charge < -0.3 is 10.6 Å². The van der Waals surface area contributed by atoms with Crippen molar-refractivity contribution in [2.45, 2.75) is 25.3 Å². The number of benzene rings is 2. The molecule has 0 radical (unpaired) electrons. The lowest BCUT2D eigenvalue weighted by atomic mass is 9.73. The van der Waals surface area contributed by atoms with E-state index in [0.717, 1.165) is 59.0 Å². The zero-order valence-electron chi connectivity index (χ0n) is 17.4. The van der Waals surface area contributed by atoms with Crippen molar-refractivity contribution in [3.05, 3.63) is 75.9 Å². The number of rotatable bonds is 2. The summed E-state index contributed by atoms with van der Waals surface area (Å²) in [5.74, 6) is 0.977. The van der Waals surface area contributed by atoms with Crippen molar-refractivity contribution in [3.8, 4) is 10.6 Å². The second kappa shape index (κ2) is 7.70. The molecule has 1 spiro atoms. The van der Waals surface area contributed by atoms with Crippen LogP contribution in [0.15, 0.2) is 54.7 Å². The summed E-state index contributed by atoms with van der Waals surface area (Å²) in [6.45, 7) is 1.91. The predicted octanol–water partition coefficient (Wildman–Crippen LogP) is 6.51. The Morgan fingerprint density at radius 1 is 1.06 bits per heavy atom. The summed E-state index contributed by atoms with van der Waals surface area (Å²) in [5, 5.41) is 1.94. The van der Waals surface area contributed by atoms with Crippen LogP contribution in [-0.4, -0.2) is 23.1 Å². The highest BCUT2D eigenvalue weighted by Crippen LogP contribution is 2.51. The van der Waals surface area contributed by atoms with E-state index in [4.69, 9.17) is 38.9 Å². The van der Waals surface area contributed by atoms with Crippen LogP contribution in [0.25, 0.3) is 20.8 Å². The minimum Gasteiger partial charge on any atom is -0.357 e. The Morgan fingerprint density at radius 2 is 1.88 bits per heavy atom. The van der Waals surface area contributed by atoms with E-state index < -0.39 is 0 Å². The molecular formula is C25H22Cl2N4S. The predicted molar refractivity (Wildman–Crippen MR) is 134 cm³/mol. The molecule has 162 valence electrons. The maximum absolute atomic E-state index is 6.73. The average molecular weight is 481 g/mol. The lowest BCUT2D eigenvalue weighted by Crippen LogP contribution is -2.44. The zero-order chi connectivity index (χ0) is 21.9. The summed E-state index contributed by atoms with van der Waals surface area (Å²) < 4.78 is 1.04. The van der Waals surface area contributed by atoms with Crippen LogP contribution >= 0.6 is 34.5 Å². The van der Waals surface area contributed by atoms with E-state index in [1.165, 1.54) is 11.1 Å². The number of nitrogens with two attached hydrogens (primary N) is 1. The minimum absolute atomic E-state index is 0.125. The zero-order valence-corrected chi connectivity index (χ0v) is 19.7. The van der Waals surface area contributed by atoms with Crippen molar-refractivity contribution in [2.75, 3.05) is 18.0 Å². The molecule has 1 aliphatic carbocycles. The number of halogens is 2. The van der Waals surface area contributed by atoms with Crippen molar-refractivity contribution >= 4 is 50.6 Å². The minimum atomic E-state index is 0.125. The SMILES string of the molecule is N[C@@H]1c2ccccc2CC12CCN(c1cc3nc(-c4cccc(Cl)c4Cl)sc3cn1)CC2. The highest BCUT2D eigenvalue weighted by molar-refractivity contribution is 7.21. The van der Waals surface area contributed by atoms with Crippen LogP contribution in [0.5, 0.6) is 0 Å². The Labute approximate surface area is 201 Å². The van der Waals surface area contributed by atoms with E-state index in [2.05, 4.69) is 35.2 Å². The average Bonchev–Trinajstić information content (AvgIpc) is 3.35. The van der Waals surface area contributed by atoms with Gasteiger partial charge in [0, 0.05) is 37.0 Å². The third kappa shape index (κ3) is 3.22. The fourth-order valence-electron chi connectivity index (χ4n) is 5.27. The first kappa shape index (κ1) is 20.4. The first-order valence-electron chi connectivity index (χ1n) is 10.8. The number of anilines is 1. The maximum Gasteiger partial charge on any atom is 0.130 e. The molecule has 1 aliphatic heterocycles. The largest absolute Gasteiger partial charge is 0.357 e. The van der Waals surface area contributed by atoms with Gasteiger partial charge in [-0.25, -0.2) is 9.97 Å². The van der Waals surface area contributed by atoms with E-state index in [0.29, 0.717) is 10.0 Å². The van der Waals surface area contributed by atoms with E-state index in [9.17, 15) is 0 Å². The highest BCUT2D eigenvalue weighted by Gasteiger charge is 2.45. The van der Waals surface area contributed by atoms with E-state index in [1.54, 1.807) is 17.4 Å². The maximum atomic E-state index is 6.73. The summed E-state index contributed by atoms with van der Waals surface area (Å²) in [4.78, 5) is 12.0. The van der Waals surface area contributed by atoms with Crippen LogP contribution in [-0.2, 0) is 6.42 Å². The molecular weight excluding hydrogens is 459 g/mol. The highest BCUT2D eigenvalue weighted by atomic mass is 35.5. The molecule has 1 saturated heterocycles. The van der Waals surface area contributed by atoms with Gasteiger partial charge in [0.05, 0.1) is 20.3 Å². The van der Waals surface area contributed by atoms with Crippen LogP contribution in [0.4, 0.5) is 5.82 Å². The van der Waals surface area contributed by atoms with Crippen LogP contribution in [0, 0.1) is 5.41 Å². The molecule has 0 saturated carbocycles. The molecule has 4 nitrogen and oxygen atoms in total. The van der Waals surface area contributed by atoms with Gasteiger partial charge in [0.1, 0.15) is 10.8 Å². The number of thiazole rings is 1. The summed E-state index contributed by atoms with van der Waals surface area (Å²) >= 11 is 14.2. The van der Waals surface area contributed by atoms with Gasteiger partial charge in [-0.15, -0.1) is 11.3 Å². The molecule has 2 aliphatic rings. The number of hydrogen-bond acceptors (Lipinski definition) is 5. The molecule has 0 unspecified atom stereocenters. The van der Waals surface area contributed by atoms with Gasteiger partial charge in [-0.2, -0.15) is 0 Å². The molecule has 1 fully saturated rings. The normalized spacial score (nSPS) is 19.6. The number of pyridine rings is 1. The van der Waals surface area contributed by atoms with Crippen molar-refractivity contribution in [2.24, 2.45) is 11.1 Å². The monoisotopic (exact) mass is 480 g/mol. The second-order valence-electron chi connectivity index (χ2n) is 8.83. The smallest absolute Gasteiger partial charge is 0.130 e. The fourth-order valence-corrected chi connectivity index (χ4v) is 6.66. The number of aromatic nitrogens is 2. The van der Waals surface area contributed by atoms with Crippen molar-refractivity contribution < 1.29 is 0 Å². The van der Waals surface area contributed by atoms with Crippen LogP contribution in [0.2, 0.25) is 10.0 Å². The first-order chi connectivity index (χ1) is 15.5. The molecule has 4 aromatic rings. The topological polar surface area (TPSA) is 55.0 Å². The van der Waals surface area contributed by atoms with Gasteiger partial charge in [0.25, 0.3) is 0 Å². The molecule has 7 heteroatoms. The number of fused-ring (bicyclic) bond motifs is 2. The van der Waals surface area contributed by atoms with Crippen molar-refractivity contribution in [1.82, 2.24) is 9.97 Å². The van der Waals surface area contributed by atoms with Crippen LogP contribution in [0.1, 0.15) is 30.0 Å².